The van der Waals surface area contributed by atoms with Gasteiger partial charge in [0.1, 0.15) is 6.07 Å². The van der Waals surface area contributed by atoms with E-state index in [1.807, 2.05) is 21.0 Å². The quantitative estimate of drug-likeness (QED) is 0.857. The summed E-state index contributed by atoms with van der Waals surface area (Å²) in [4.78, 5) is 6.33. The number of aryl methyl sites for hydroxylation is 1. The second-order valence-corrected chi connectivity index (χ2v) is 7.48. The molecule has 0 aliphatic rings. The summed E-state index contributed by atoms with van der Waals surface area (Å²) >= 11 is 0. The molecule has 0 aliphatic carbocycles. The number of nitrogens with one attached hydrogen (secondary N) is 1. The number of benzene rings is 1. The lowest BCUT2D eigenvalue weighted by Gasteiger charge is -2.26. The van der Waals surface area contributed by atoms with Gasteiger partial charge in [0.05, 0.1) is 6.04 Å². The van der Waals surface area contributed by atoms with Crippen LogP contribution in [0.25, 0.3) is 0 Å². The van der Waals surface area contributed by atoms with Gasteiger partial charge in [-0.25, -0.2) is 4.98 Å². The van der Waals surface area contributed by atoms with Gasteiger partial charge in [-0.2, -0.15) is 5.26 Å². The van der Waals surface area contributed by atoms with Crippen LogP contribution in [-0.2, 0) is 11.8 Å². The molecule has 2 rings (SSSR count). The minimum atomic E-state index is 0.141. The molecule has 2 aromatic rings. The molecule has 5 nitrogen and oxygen atoms in total. The van der Waals surface area contributed by atoms with Crippen LogP contribution in [0.5, 0.6) is 0 Å². The van der Waals surface area contributed by atoms with E-state index in [0.717, 1.165) is 0 Å². The van der Waals surface area contributed by atoms with Crippen LogP contribution in [0.15, 0.2) is 28.7 Å². The van der Waals surface area contributed by atoms with Crippen molar-refractivity contribution in [2.75, 3.05) is 26.0 Å². The van der Waals surface area contributed by atoms with E-state index in [1.54, 1.807) is 0 Å². The number of aromatic nitrogens is 1. The van der Waals surface area contributed by atoms with Crippen molar-refractivity contribution in [1.29, 1.82) is 5.26 Å². The molecule has 0 amide bonds. The van der Waals surface area contributed by atoms with Gasteiger partial charge in [-0.1, -0.05) is 52.0 Å². The van der Waals surface area contributed by atoms with Crippen LogP contribution < -0.4 is 5.32 Å². The molecule has 25 heavy (non-hydrogen) atoms. The van der Waals surface area contributed by atoms with Gasteiger partial charge >= 0.3 is 0 Å². The minimum Gasteiger partial charge on any atom is -0.424 e. The van der Waals surface area contributed by atoms with Crippen LogP contribution in [0.2, 0.25) is 0 Å². The van der Waals surface area contributed by atoms with Crippen molar-refractivity contribution in [2.24, 2.45) is 0 Å². The zero-order chi connectivity index (χ0) is 18.6. The van der Waals surface area contributed by atoms with Crippen LogP contribution in [0.3, 0.4) is 0 Å². The molecule has 1 unspecified atom stereocenters. The van der Waals surface area contributed by atoms with E-state index >= 15 is 0 Å². The third-order valence-corrected chi connectivity index (χ3v) is 4.32. The zero-order valence-corrected chi connectivity index (χ0v) is 16.1. The summed E-state index contributed by atoms with van der Waals surface area (Å²) in [5.74, 6) is 1.03. The van der Waals surface area contributed by atoms with Crippen LogP contribution in [0.1, 0.15) is 56.4 Å². The first kappa shape index (κ1) is 19.0. The van der Waals surface area contributed by atoms with Crippen molar-refractivity contribution in [3.63, 3.8) is 0 Å². The van der Waals surface area contributed by atoms with Gasteiger partial charge in [-0.05, 0) is 30.6 Å². The normalized spacial score (nSPS) is 12.9. The number of oxazole rings is 1. The summed E-state index contributed by atoms with van der Waals surface area (Å²) < 4.78 is 5.62. The first-order valence-electron chi connectivity index (χ1n) is 8.66. The van der Waals surface area contributed by atoms with Gasteiger partial charge in [0.25, 0.3) is 0 Å². The van der Waals surface area contributed by atoms with E-state index < -0.39 is 0 Å². The molecule has 1 heterocycles. The number of rotatable bonds is 6. The molecular formula is C20H28N4O. The Balaban J connectivity index is 2.17. The second kappa shape index (κ2) is 7.71. The Morgan fingerprint density at radius 2 is 1.88 bits per heavy atom. The molecule has 0 bridgehead atoms. The highest BCUT2D eigenvalue weighted by Gasteiger charge is 2.19. The van der Waals surface area contributed by atoms with Crippen molar-refractivity contribution in [1.82, 2.24) is 9.88 Å². The molecule has 5 heteroatoms. The summed E-state index contributed by atoms with van der Waals surface area (Å²) in [5, 5.41) is 12.5. The summed E-state index contributed by atoms with van der Waals surface area (Å²) in [7, 11) is 4.10. The summed E-state index contributed by atoms with van der Waals surface area (Å²) in [6.07, 6.45) is 0.668. The number of anilines is 1. The first-order chi connectivity index (χ1) is 11.8. The summed E-state index contributed by atoms with van der Waals surface area (Å²) in [5.41, 5.74) is 3.00. The Kier molecular flexibility index (Phi) is 5.86. The molecular weight excluding hydrogens is 312 g/mol. The van der Waals surface area contributed by atoms with Crippen molar-refractivity contribution in [3.8, 4) is 6.07 Å². The van der Waals surface area contributed by atoms with E-state index in [4.69, 9.17) is 4.42 Å². The van der Waals surface area contributed by atoms with E-state index in [0.29, 0.717) is 30.4 Å². The molecule has 1 N–H and O–H groups in total. The zero-order valence-electron chi connectivity index (χ0n) is 16.1. The summed E-state index contributed by atoms with van der Waals surface area (Å²) in [6, 6.07) is 11.0. The lowest BCUT2D eigenvalue weighted by Crippen LogP contribution is -2.27. The maximum absolute atomic E-state index is 9.20. The van der Waals surface area contributed by atoms with Crippen LogP contribution in [0.4, 0.5) is 5.88 Å². The second-order valence-electron chi connectivity index (χ2n) is 7.48. The third kappa shape index (κ3) is 4.61. The van der Waals surface area contributed by atoms with Gasteiger partial charge in [-0.15, -0.1) is 0 Å². The fourth-order valence-corrected chi connectivity index (χ4v) is 2.70. The van der Waals surface area contributed by atoms with E-state index in [9.17, 15) is 5.26 Å². The number of hydrogen-bond acceptors (Lipinski definition) is 5. The molecule has 0 saturated carbocycles. The Morgan fingerprint density at radius 1 is 1.24 bits per heavy atom. The Bertz CT molecular complexity index is 733. The molecule has 0 radical (unpaired) electrons. The molecule has 0 saturated heterocycles. The molecule has 1 atom stereocenters. The fraction of sp³-hybridized carbons (Fsp3) is 0.500. The average molecular weight is 340 g/mol. The van der Waals surface area contributed by atoms with Crippen molar-refractivity contribution < 1.29 is 4.42 Å². The standard InChI is InChI=1S/C20H28N4O/c1-7-18-23-16(12-21)19(25-18)22-13-17(24(5)6)14-8-10-15(11-9-14)20(2,3)4/h8-11,17,22H,7,13H2,1-6H3. The summed E-state index contributed by atoms with van der Waals surface area (Å²) in [6.45, 7) is 9.23. The van der Waals surface area contributed by atoms with Crippen LogP contribution in [0, 0.1) is 11.3 Å². The van der Waals surface area contributed by atoms with Gasteiger partial charge in [0, 0.05) is 13.0 Å². The van der Waals surface area contributed by atoms with Crippen molar-refractivity contribution >= 4 is 5.88 Å². The third-order valence-electron chi connectivity index (χ3n) is 4.32. The van der Waals surface area contributed by atoms with E-state index in [1.165, 1.54) is 11.1 Å². The monoisotopic (exact) mass is 340 g/mol. The van der Waals surface area contributed by atoms with Crippen molar-refractivity contribution in [3.05, 3.63) is 47.0 Å². The predicted molar refractivity (Wildman–Crippen MR) is 101 cm³/mol. The molecule has 0 aliphatic heterocycles. The molecule has 134 valence electrons. The Morgan fingerprint density at radius 3 is 2.36 bits per heavy atom. The minimum absolute atomic E-state index is 0.141. The highest BCUT2D eigenvalue weighted by molar-refractivity contribution is 5.45. The smallest absolute Gasteiger partial charge is 0.232 e. The van der Waals surface area contributed by atoms with Gasteiger partial charge in [-0.3, -0.25) is 0 Å². The maximum Gasteiger partial charge on any atom is 0.232 e. The lowest BCUT2D eigenvalue weighted by molar-refractivity contribution is 0.310. The first-order valence-corrected chi connectivity index (χ1v) is 8.66. The predicted octanol–water partition coefficient (Wildman–Crippen LogP) is 4.12. The van der Waals surface area contributed by atoms with Gasteiger partial charge in [0.15, 0.2) is 5.89 Å². The average Bonchev–Trinajstić information content (AvgIpc) is 2.97. The number of hydrogen-bond donors (Lipinski definition) is 1. The largest absolute Gasteiger partial charge is 0.424 e. The van der Waals surface area contributed by atoms with Gasteiger partial charge in [0.2, 0.25) is 11.6 Å². The SMILES string of the molecule is CCc1nc(C#N)c(NCC(c2ccc(C(C)(C)C)cc2)N(C)C)o1. The molecule has 0 spiro atoms. The Hall–Kier alpha value is -2.32. The molecule has 1 aromatic carbocycles. The highest BCUT2D eigenvalue weighted by atomic mass is 16.4. The van der Waals surface area contributed by atoms with Crippen LogP contribution in [-0.4, -0.2) is 30.5 Å². The number of nitriles is 1. The topological polar surface area (TPSA) is 65.1 Å². The van der Waals surface area contributed by atoms with Crippen molar-refractivity contribution in [2.45, 2.75) is 45.6 Å². The van der Waals surface area contributed by atoms with E-state index in [-0.39, 0.29) is 11.5 Å². The molecule has 0 fully saturated rings. The Labute approximate surface area is 150 Å². The van der Waals surface area contributed by atoms with Crippen LogP contribution >= 0.6 is 0 Å². The molecule has 1 aromatic heterocycles. The highest BCUT2D eigenvalue weighted by Crippen LogP contribution is 2.26. The van der Waals surface area contributed by atoms with Gasteiger partial charge < -0.3 is 14.6 Å². The maximum atomic E-state index is 9.20. The van der Waals surface area contributed by atoms with E-state index in [2.05, 4.69) is 66.3 Å². The number of likely N-dealkylation sites (N-methyl/N-ethyl adjacent to an activating group) is 1. The lowest BCUT2D eigenvalue weighted by atomic mass is 9.86. The number of nitrogens with zero attached hydrogens (tertiary/aromatic N) is 3. The fourth-order valence-electron chi connectivity index (χ4n) is 2.70.